The van der Waals surface area contributed by atoms with Crippen molar-refractivity contribution in [3.8, 4) is 5.75 Å². The maximum atomic E-state index is 14.1. The highest BCUT2D eigenvalue weighted by Gasteiger charge is 2.55. The van der Waals surface area contributed by atoms with Crippen LogP contribution in [0.2, 0.25) is 0 Å². The number of Topliss-reactive ketones (excluding diaryl/α,β-unsaturated/α-hetero) is 1. The van der Waals surface area contributed by atoms with E-state index in [1.54, 1.807) is 12.1 Å². The number of phenolic OH excluding ortho intramolecular Hbond substituents is 1. The number of likely N-dealkylation sites (tertiary alicyclic amines) is 1. The first kappa shape index (κ1) is 29.5. The van der Waals surface area contributed by atoms with Crippen LogP contribution in [-0.2, 0) is 14.1 Å². The summed E-state index contributed by atoms with van der Waals surface area (Å²) >= 11 is 0. The summed E-state index contributed by atoms with van der Waals surface area (Å²) < 4.78 is 5.33. The van der Waals surface area contributed by atoms with E-state index in [0.29, 0.717) is 0 Å². The first-order chi connectivity index (χ1) is 20.3. The smallest absolute Gasteiger partial charge is 0.358 e. The fourth-order valence-corrected chi connectivity index (χ4v) is 10.4. The van der Waals surface area contributed by atoms with Crippen LogP contribution in [0.4, 0.5) is 0 Å². The Bertz CT molecular complexity index is 1550. The van der Waals surface area contributed by atoms with Crippen LogP contribution in [0, 0.1) is 5.92 Å². The normalized spacial score (nSPS) is 17.2. The molecule has 0 aromatic heterocycles. The van der Waals surface area contributed by atoms with Crippen molar-refractivity contribution >= 4 is 55.3 Å². The molecule has 5 rings (SSSR count). The average molecular weight is 600 g/mol. The van der Waals surface area contributed by atoms with Gasteiger partial charge in [0.1, 0.15) is 11.2 Å². The van der Waals surface area contributed by atoms with Gasteiger partial charge < -0.3 is 19.6 Å². The van der Waals surface area contributed by atoms with Gasteiger partial charge in [-0.15, -0.1) is 0 Å². The number of aliphatic hydroxyl groups is 1. The quantitative estimate of drug-likeness (QED) is 0.173. The van der Waals surface area contributed by atoms with Gasteiger partial charge in [-0.25, -0.2) is 4.79 Å². The molecular weight excluding hydrogens is 568 g/mol. The minimum atomic E-state index is -3.11. The molecular formula is C33H31NO6P2. The molecule has 1 heterocycles. The number of ketones is 1. The van der Waals surface area contributed by atoms with Gasteiger partial charge in [0, 0.05) is 18.9 Å². The lowest BCUT2D eigenvalue weighted by atomic mass is 9.79. The first-order valence-electron chi connectivity index (χ1n) is 13.5. The fraction of sp³-hybridized carbons (Fsp3) is 0.152. The zero-order chi connectivity index (χ0) is 29.9. The number of benzene rings is 4. The Kier molecular flexibility index (Phi) is 8.74. The second-order valence-electron chi connectivity index (χ2n) is 10.1. The molecule has 0 saturated carbocycles. The summed E-state index contributed by atoms with van der Waals surface area (Å²) in [6, 6.07) is 33.8. The number of carbonyl (C=O) groups excluding carboxylic acids is 3. The van der Waals surface area contributed by atoms with Crippen molar-refractivity contribution < 1.29 is 29.1 Å². The van der Waals surface area contributed by atoms with E-state index in [1.807, 2.05) is 100 Å². The highest BCUT2D eigenvalue weighted by molar-refractivity contribution is 7.96. The third kappa shape index (κ3) is 5.20. The number of carbonyl (C=O) groups is 3. The summed E-state index contributed by atoms with van der Waals surface area (Å²) in [6.45, 7) is -1.60. The number of amides is 1. The van der Waals surface area contributed by atoms with Crippen LogP contribution in [0.3, 0.4) is 0 Å². The molecule has 4 aromatic carbocycles. The van der Waals surface area contributed by atoms with Crippen molar-refractivity contribution in [1.29, 1.82) is 0 Å². The van der Waals surface area contributed by atoms with Crippen molar-refractivity contribution in [1.82, 2.24) is 4.90 Å². The van der Waals surface area contributed by atoms with Crippen LogP contribution in [0.15, 0.2) is 115 Å². The Morgan fingerprint density at radius 2 is 1.36 bits per heavy atom. The lowest BCUT2D eigenvalue weighted by Crippen LogP contribution is -2.68. The molecule has 1 fully saturated rings. The molecule has 0 aliphatic carbocycles. The summed E-state index contributed by atoms with van der Waals surface area (Å²) in [4.78, 5) is 42.9. The molecule has 42 heavy (non-hydrogen) atoms. The van der Waals surface area contributed by atoms with Gasteiger partial charge in [-0.3, -0.25) is 9.59 Å². The first-order valence-corrected chi connectivity index (χ1v) is 15.7. The van der Waals surface area contributed by atoms with Crippen molar-refractivity contribution in [2.45, 2.75) is 25.5 Å². The number of hydrogen-bond donors (Lipinski definition) is 2. The van der Waals surface area contributed by atoms with E-state index in [-0.39, 0.29) is 28.9 Å². The standard InChI is InChI=1S/C33H31NO6P2/c1-22(35)30-28(21-29(37)23-12-11-13-24(36)20-23)34(31(30)38)32(33(39)40-41)42(25-14-5-2-6-15-25,26-16-7-3-8-17-26)27-18-9-4-10-19-27/h2-20,22,28,30,35-36H,21,41H2,1H3/t22-,28-,30-/m1/s1. The van der Waals surface area contributed by atoms with Crippen LogP contribution < -0.4 is 15.9 Å². The van der Waals surface area contributed by atoms with E-state index in [9.17, 15) is 24.6 Å². The van der Waals surface area contributed by atoms with Gasteiger partial charge in [-0.05, 0) is 35.0 Å². The molecule has 1 amide bonds. The molecule has 1 aliphatic heterocycles. The van der Waals surface area contributed by atoms with Crippen LogP contribution in [-0.4, -0.2) is 50.3 Å². The molecule has 0 radical (unpaired) electrons. The van der Waals surface area contributed by atoms with E-state index in [1.165, 1.54) is 24.0 Å². The molecule has 214 valence electrons. The zero-order valence-corrected chi connectivity index (χ0v) is 25.0. The SMILES string of the molecule is C[C@@H](O)[C@H]1C(=O)N(C(C(=O)OP)=P(c2ccccc2)(c2ccccc2)c2ccccc2)[C@@H]1CC(=O)c1cccc(O)c1. The van der Waals surface area contributed by atoms with Gasteiger partial charge in [-0.2, -0.15) is 0 Å². The molecule has 2 N–H and O–H groups in total. The summed E-state index contributed by atoms with van der Waals surface area (Å²) in [5, 5.41) is 23.1. The van der Waals surface area contributed by atoms with Crippen LogP contribution in [0.25, 0.3) is 0 Å². The number of nitrogens with zero attached hydrogens (tertiary/aromatic N) is 1. The topological polar surface area (TPSA) is 104 Å². The van der Waals surface area contributed by atoms with E-state index < -0.39 is 36.8 Å². The largest absolute Gasteiger partial charge is 0.508 e. The van der Waals surface area contributed by atoms with E-state index >= 15 is 0 Å². The van der Waals surface area contributed by atoms with Crippen LogP contribution in [0.1, 0.15) is 23.7 Å². The minimum Gasteiger partial charge on any atom is -0.508 e. The summed E-state index contributed by atoms with van der Waals surface area (Å²) in [7, 11) is 2.00. The van der Waals surface area contributed by atoms with Crippen molar-refractivity contribution in [3.63, 3.8) is 0 Å². The minimum absolute atomic E-state index is 0.0597. The third-order valence-corrected chi connectivity index (χ3v) is 12.1. The lowest BCUT2D eigenvalue weighted by molar-refractivity contribution is -0.156. The fourth-order valence-electron chi connectivity index (χ4n) is 5.78. The molecule has 0 spiro atoms. The molecule has 1 saturated heterocycles. The van der Waals surface area contributed by atoms with E-state index in [0.717, 1.165) is 15.9 Å². The van der Waals surface area contributed by atoms with Crippen molar-refractivity contribution in [2.75, 3.05) is 0 Å². The number of hydrogen-bond acceptors (Lipinski definition) is 6. The second-order valence-corrected chi connectivity index (χ2v) is 13.7. The highest BCUT2D eigenvalue weighted by Crippen LogP contribution is 2.50. The van der Waals surface area contributed by atoms with Crippen molar-refractivity contribution in [2.24, 2.45) is 5.92 Å². The number of phenols is 1. The Morgan fingerprint density at radius 1 is 0.857 bits per heavy atom. The number of aromatic hydroxyl groups is 1. The zero-order valence-electron chi connectivity index (χ0n) is 22.9. The van der Waals surface area contributed by atoms with Gasteiger partial charge in [0.15, 0.2) is 5.78 Å². The molecule has 0 bridgehead atoms. The molecule has 1 aliphatic rings. The summed E-state index contributed by atoms with van der Waals surface area (Å²) in [5.74, 6) is -2.49. The van der Waals surface area contributed by atoms with Gasteiger partial charge in [-0.1, -0.05) is 103 Å². The Morgan fingerprint density at radius 3 is 1.79 bits per heavy atom. The van der Waals surface area contributed by atoms with Gasteiger partial charge >= 0.3 is 5.97 Å². The monoisotopic (exact) mass is 599 g/mol. The van der Waals surface area contributed by atoms with Crippen LogP contribution in [0.5, 0.6) is 5.75 Å². The van der Waals surface area contributed by atoms with E-state index in [2.05, 4.69) is 0 Å². The molecule has 4 aromatic rings. The molecule has 4 atom stereocenters. The number of rotatable bonds is 9. The van der Waals surface area contributed by atoms with Gasteiger partial charge in [0.25, 0.3) is 0 Å². The van der Waals surface area contributed by atoms with Crippen molar-refractivity contribution in [3.05, 3.63) is 121 Å². The second kappa shape index (κ2) is 12.5. The summed E-state index contributed by atoms with van der Waals surface area (Å²) in [6.07, 6.45) is -1.24. The maximum absolute atomic E-state index is 14.1. The average Bonchev–Trinajstić information content (AvgIpc) is 3.01. The highest BCUT2D eigenvalue weighted by atomic mass is 31.2. The van der Waals surface area contributed by atoms with E-state index in [4.69, 9.17) is 4.52 Å². The van der Waals surface area contributed by atoms with Gasteiger partial charge in [0.05, 0.1) is 27.5 Å². The Balaban J connectivity index is 1.85. The molecule has 1 unspecified atom stereocenters. The third-order valence-electron chi connectivity index (χ3n) is 7.62. The molecule has 7 nitrogen and oxygen atoms in total. The van der Waals surface area contributed by atoms with Gasteiger partial charge in [0.2, 0.25) is 5.91 Å². The predicted molar refractivity (Wildman–Crippen MR) is 169 cm³/mol. The maximum Gasteiger partial charge on any atom is 0.358 e. The Hall–Kier alpha value is -4.02. The molecule has 9 heteroatoms. The number of β-lactam (4-membered cyclic amide) rings is 1. The number of aliphatic hydroxyl groups excluding tert-OH is 1. The summed E-state index contributed by atoms with van der Waals surface area (Å²) in [5.41, 5.74) is 0.390. The van der Waals surface area contributed by atoms with Crippen LogP contribution >= 0.6 is 16.4 Å². The predicted octanol–water partition coefficient (Wildman–Crippen LogP) is 3.63. The lowest BCUT2D eigenvalue weighted by Gasteiger charge is -2.50. The Labute approximate surface area is 247 Å².